The van der Waals surface area contributed by atoms with E-state index in [1.165, 1.54) is 4.90 Å². The fourth-order valence-corrected chi connectivity index (χ4v) is 3.88. The fourth-order valence-electron chi connectivity index (χ4n) is 3.88. The molecule has 8 nitrogen and oxygen atoms in total. The number of benzene rings is 1. The van der Waals surface area contributed by atoms with E-state index in [1.807, 2.05) is 18.2 Å². The summed E-state index contributed by atoms with van der Waals surface area (Å²) in [5, 5.41) is 0. The number of hydrogen-bond donors (Lipinski definition) is 1. The molecule has 2 atom stereocenters. The summed E-state index contributed by atoms with van der Waals surface area (Å²) in [6, 6.07) is 4.66. The Balaban J connectivity index is 0.00000168. The lowest BCUT2D eigenvalue weighted by atomic mass is 9.89. The maximum atomic E-state index is 12.8. The van der Waals surface area contributed by atoms with Crippen molar-refractivity contribution in [3.05, 3.63) is 41.5 Å². The first-order chi connectivity index (χ1) is 12.1. The molecule has 1 aromatic heterocycles. The smallest absolute Gasteiger partial charge is 0.246 e. The van der Waals surface area contributed by atoms with Crippen molar-refractivity contribution >= 4 is 24.2 Å². The number of imidazole rings is 1. The van der Waals surface area contributed by atoms with Crippen molar-refractivity contribution in [3.63, 3.8) is 0 Å². The Labute approximate surface area is 155 Å². The maximum Gasteiger partial charge on any atom is 0.246 e. The van der Waals surface area contributed by atoms with E-state index in [2.05, 4.69) is 9.97 Å². The lowest BCUT2D eigenvalue weighted by Crippen LogP contribution is -2.62. The number of amides is 2. The Morgan fingerprint density at radius 2 is 2.04 bits per heavy atom. The third kappa shape index (κ3) is 2.25. The topological polar surface area (TPSA) is 87.8 Å². The number of carbonyl (C=O) groups is 2. The molecule has 1 N–H and O–H groups in total. The van der Waals surface area contributed by atoms with Crippen LogP contribution in [0.2, 0.25) is 0 Å². The van der Waals surface area contributed by atoms with Crippen LogP contribution in [0.4, 0.5) is 0 Å². The van der Waals surface area contributed by atoms with Crippen LogP contribution in [0.1, 0.15) is 23.0 Å². The zero-order valence-corrected chi connectivity index (χ0v) is 14.8. The Bertz CT molecular complexity index is 899. The highest BCUT2D eigenvalue weighted by molar-refractivity contribution is 5.95. The van der Waals surface area contributed by atoms with E-state index in [0.717, 1.165) is 17.0 Å². The summed E-state index contributed by atoms with van der Waals surface area (Å²) in [4.78, 5) is 36.1. The van der Waals surface area contributed by atoms with Crippen molar-refractivity contribution in [3.8, 4) is 11.5 Å². The average Bonchev–Trinajstić information content (AvgIpc) is 3.26. The normalized spacial score (nSPS) is 23.4. The van der Waals surface area contributed by atoms with Crippen LogP contribution in [0.15, 0.2) is 24.5 Å². The zero-order chi connectivity index (χ0) is 17.1. The number of nitrogens with one attached hydrogen (secondary N) is 1. The highest BCUT2D eigenvalue weighted by Gasteiger charge is 2.47. The largest absolute Gasteiger partial charge is 0.454 e. The first-order valence-electron chi connectivity index (χ1n) is 8.11. The number of H-pyrrole nitrogens is 1. The molecule has 4 heterocycles. The Morgan fingerprint density at radius 3 is 2.88 bits per heavy atom. The van der Waals surface area contributed by atoms with Gasteiger partial charge in [-0.25, -0.2) is 4.98 Å². The number of likely N-dealkylation sites (N-methyl/N-ethyl adjacent to an activating group) is 1. The molecule has 5 rings (SSSR count). The number of rotatable bonds is 1. The van der Waals surface area contributed by atoms with Crippen LogP contribution in [-0.2, 0) is 16.0 Å². The van der Waals surface area contributed by atoms with Crippen molar-refractivity contribution in [2.45, 2.75) is 18.5 Å². The van der Waals surface area contributed by atoms with Crippen LogP contribution in [0.3, 0.4) is 0 Å². The van der Waals surface area contributed by atoms with Gasteiger partial charge in [-0.2, -0.15) is 0 Å². The first-order valence-corrected chi connectivity index (χ1v) is 8.11. The summed E-state index contributed by atoms with van der Waals surface area (Å²) in [6.45, 7) is 0.266. The highest BCUT2D eigenvalue weighted by atomic mass is 35.5. The van der Waals surface area contributed by atoms with Gasteiger partial charge in [0.25, 0.3) is 0 Å². The molecule has 0 aliphatic carbocycles. The second-order valence-electron chi connectivity index (χ2n) is 6.50. The number of ether oxygens (including phenoxy) is 2. The summed E-state index contributed by atoms with van der Waals surface area (Å²) in [5.74, 6) is 1.19. The van der Waals surface area contributed by atoms with E-state index >= 15 is 0 Å². The van der Waals surface area contributed by atoms with Crippen LogP contribution >= 0.6 is 12.4 Å². The summed E-state index contributed by atoms with van der Waals surface area (Å²) in [6.07, 6.45) is 2.06. The maximum absolute atomic E-state index is 12.8. The molecule has 3 aliphatic rings. The van der Waals surface area contributed by atoms with Crippen molar-refractivity contribution in [2.75, 3.05) is 20.4 Å². The molecule has 1 fully saturated rings. The number of aromatic nitrogens is 2. The van der Waals surface area contributed by atoms with Crippen molar-refractivity contribution < 1.29 is 19.1 Å². The molecule has 1 saturated heterocycles. The van der Waals surface area contributed by atoms with Gasteiger partial charge in [0.15, 0.2) is 11.5 Å². The second kappa shape index (κ2) is 5.91. The third-order valence-electron chi connectivity index (χ3n) is 5.06. The van der Waals surface area contributed by atoms with Gasteiger partial charge >= 0.3 is 0 Å². The summed E-state index contributed by atoms with van der Waals surface area (Å²) < 4.78 is 10.8. The molecule has 1 aromatic carbocycles. The van der Waals surface area contributed by atoms with E-state index in [-0.39, 0.29) is 37.6 Å². The molecule has 3 aliphatic heterocycles. The van der Waals surface area contributed by atoms with Gasteiger partial charge in [-0.15, -0.1) is 12.4 Å². The number of carbonyl (C=O) groups excluding carboxylic acids is 2. The van der Waals surface area contributed by atoms with Crippen LogP contribution in [0.25, 0.3) is 0 Å². The van der Waals surface area contributed by atoms with E-state index in [0.29, 0.717) is 17.9 Å². The average molecular weight is 377 g/mol. The Morgan fingerprint density at radius 1 is 1.23 bits per heavy atom. The molecule has 0 unspecified atom stereocenters. The summed E-state index contributed by atoms with van der Waals surface area (Å²) in [7, 11) is 1.66. The summed E-state index contributed by atoms with van der Waals surface area (Å²) >= 11 is 0. The van der Waals surface area contributed by atoms with Crippen LogP contribution in [-0.4, -0.2) is 58.0 Å². The molecule has 0 radical (unpaired) electrons. The predicted octanol–water partition coefficient (Wildman–Crippen LogP) is 0.875. The van der Waals surface area contributed by atoms with E-state index in [9.17, 15) is 9.59 Å². The fraction of sp³-hybridized carbons (Fsp3) is 0.353. The van der Waals surface area contributed by atoms with E-state index < -0.39 is 12.1 Å². The highest BCUT2D eigenvalue weighted by Crippen LogP contribution is 2.42. The number of halogens is 1. The van der Waals surface area contributed by atoms with Crippen molar-refractivity contribution in [2.24, 2.45) is 0 Å². The first kappa shape index (κ1) is 16.7. The van der Waals surface area contributed by atoms with Crippen molar-refractivity contribution in [1.29, 1.82) is 0 Å². The van der Waals surface area contributed by atoms with Crippen LogP contribution < -0.4 is 9.47 Å². The molecule has 0 saturated carbocycles. The molecule has 2 aromatic rings. The molecule has 2 amide bonds. The number of fused-ring (bicyclic) bond motifs is 3. The molecule has 0 spiro atoms. The van der Waals surface area contributed by atoms with E-state index in [4.69, 9.17) is 9.47 Å². The lowest BCUT2D eigenvalue weighted by Gasteiger charge is -2.45. The van der Waals surface area contributed by atoms with Gasteiger partial charge in [0.05, 0.1) is 18.6 Å². The van der Waals surface area contributed by atoms with Crippen molar-refractivity contribution in [1.82, 2.24) is 19.8 Å². The predicted molar refractivity (Wildman–Crippen MR) is 92.2 cm³/mol. The number of hydrogen-bond acceptors (Lipinski definition) is 5. The Kier molecular flexibility index (Phi) is 3.80. The SMILES string of the molecule is CN1CC(=O)N2[C@H](c3ccc4c(c3)OCO4)c3nc[nH]c3C[C@@H]2C1=O.Cl. The van der Waals surface area contributed by atoms with Crippen LogP contribution in [0.5, 0.6) is 11.5 Å². The monoisotopic (exact) mass is 376 g/mol. The second-order valence-corrected chi connectivity index (χ2v) is 6.50. The molecular formula is C17H17ClN4O4. The molecule has 0 bridgehead atoms. The zero-order valence-electron chi connectivity index (χ0n) is 14.0. The van der Waals surface area contributed by atoms with E-state index in [1.54, 1.807) is 18.3 Å². The quantitative estimate of drug-likeness (QED) is 0.798. The molecule has 136 valence electrons. The number of nitrogens with zero attached hydrogens (tertiary/aromatic N) is 3. The minimum atomic E-state index is -0.519. The van der Waals surface area contributed by atoms with Gasteiger partial charge in [-0.1, -0.05) is 6.07 Å². The van der Waals surface area contributed by atoms with Gasteiger partial charge in [0, 0.05) is 19.2 Å². The lowest BCUT2D eigenvalue weighted by molar-refractivity contribution is -0.157. The number of aromatic amines is 1. The minimum absolute atomic E-state index is 0. The summed E-state index contributed by atoms with van der Waals surface area (Å²) in [5.41, 5.74) is 2.52. The van der Waals surface area contributed by atoms with Crippen LogP contribution in [0, 0.1) is 0 Å². The Hall–Kier alpha value is -2.74. The number of piperazine rings is 1. The van der Waals surface area contributed by atoms with Gasteiger partial charge in [0.2, 0.25) is 18.6 Å². The standard InChI is InChI=1S/C17H16N4O4.ClH/c1-20-6-14(22)21-11(17(20)23)5-10-15(19-7-18-10)16(21)9-2-3-12-13(4-9)25-8-24-12;/h2-4,7,11,16H,5-6,8H2,1H3,(H,18,19);1H/t11-,16-;/m1./s1. The van der Waals surface area contributed by atoms with Gasteiger partial charge in [-0.05, 0) is 17.7 Å². The van der Waals surface area contributed by atoms with Gasteiger partial charge in [-0.3, -0.25) is 9.59 Å². The van der Waals surface area contributed by atoms with Gasteiger partial charge in [0.1, 0.15) is 12.1 Å². The molecule has 9 heteroatoms. The minimum Gasteiger partial charge on any atom is -0.454 e. The molecular weight excluding hydrogens is 360 g/mol. The van der Waals surface area contributed by atoms with Gasteiger partial charge < -0.3 is 24.3 Å². The third-order valence-corrected chi connectivity index (χ3v) is 5.06. The molecule has 26 heavy (non-hydrogen) atoms.